The minimum Gasteiger partial charge on any atom is -0.309 e. The number of likely N-dealkylation sites (N-methyl/N-ethyl adjacent to an activating group) is 1. The summed E-state index contributed by atoms with van der Waals surface area (Å²) in [7, 11) is 4.31. The molecule has 1 atom stereocenters. The van der Waals surface area contributed by atoms with Crippen LogP contribution >= 0.6 is 0 Å². The van der Waals surface area contributed by atoms with Crippen LogP contribution in [0.1, 0.15) is 38.7 Å². The van der Waals surface area contributed by atoms with Gasteiger partial charge in [-0.3, -0.25) is 0 Å². The van der Waals surface area contributed by atoms with Crippen LogP contribution in [0.25, 0.3) is 0 Å². The monoisotopic (exact) mass is 219 g/mol. The van der Waals surface area contributed by atoms with Crippen LogP contribution in [-0.4, -0.2) is 25.5 Å². The van der Waals surface area contributed by atoms with Crippen molar-refractivity contribution >= 4 is 0 Å². The third kappa shape index (κ3) is 3.34. The van der Waals surface area contributed by atoms with Crippen LogP contribution in [0.3, 0.4) is 0 Å². The molecule has 0 fully saturated rings. The Morgan fingerprint density at radius 3 is 2.12 bits per heavy atom. The van der Waals surface area contributed by atoms with Gasteiger partial charge in [-0.15, -0.1) is 0 Å². The maximum atomic E-state index is 2.37. The van der Waals surface area contributed by atoms with Gasteiger partial charge < -0.3 is 4.90 Å². The maximum Gasteiger partial charge on any atom is 0.00493 e. The lowest BCUT2D eigenvalue weighted by molar-refractivity contribution is 0.221. The van der Waals surface area contributed by atoms with Gasteiger partial charge in [0.2, 0.25) is 0 Å². The van der Waals surface area contributed by atoms with Crippen LogP contribution in [-0.2, 0) is 0 Å². The Kier molecular flexibility index (Phi) is 4.55. The molecule has 0 aliphatic rings. The van der Waals surface area contributed by atoms with Crippen LogP contribution < -0.4 is 0 Å². The van der Waals surface area contributed by atoms with E-state index in [2.05, 4.69) is 70.1 Å². The van der Waals surface area contributed by atoms with E-state index < -0.39 is 0 Å². The second-order valence-electron chi connectivity index (χ2n) is 5.57. The molecule has 1 unspecified atom stereocenters. The topological polar surface area (TPSA) is 3.24 Å². The van der Waals surface area contributed by atoms with Gasteiger partial charge in [0.15, 0.2) is 0 Å². The largest absolute Gasteiger partial charge is 0.309 e. The van der Waals surface area contributed by atoms with E-state index >= 15 is 0 Å². The van der Waals surface area contributed by atoms with Crippen molar-refractivity contribution < 1.29 is 0 Å². The Hall–Kier alpha value is -0.820. The standard InChI is InChI=1S/C15H25N/c1-6-15(2,3)14(12-16(4)5)13-10-8-7-9-11-13/h7-11,14H,6,12H2,1-5H3. The van der Waals surface area contributed by atoms with Gasteiger partial charge in [0.05, 0.1) is 0 Å². The summed E-state index contributed by atoms with van der Waals surface area (Å²) in [6, 6.07) is 10.9. The molecule has 1 nitrogen and oxygen atoms in total. The summed E-state index contributed by atoms with van der Waals surface area (Å²) in [6.07, 6.45) is 1.21. The van der Waals surface area contributed by atoms with Crippen LogP contribution in [0, 0.1) is 5.41 Å². The Balaban J connectivity index is 2.97. The first-order valence-corrected chi connectivity index (χ1v) is 6.17. The highest BCUT2D eigenvalue weighted by Crippen LogP contribution is 2.38. The second-order valence-corrected chi connectivity index (χ2v) is 5.57. The smallest absolute Gasteiger partial charge is 0.00493 e. The summed E-state index contributed by atoms with van der Waals surface area (Å²) in [5.74, 6) is 0.605. The molecule has 0 N–H and O–H groups in total. The third-order valence-electron chi connectivity index (χ3n) is 3.60. The van der Waals surface area contributed by atoms with Crippen molar-refractivity contribution in [3.63, 3.8) is 0 Å². The van der Waals surface area contributed by atoms with Crippen molar-refractivity contribution in [3.05, 3.63) is 35.9 Å². The summed E-state index contributed by atoms with van der Waals surface area (Å²) in [5.41, 5.74) is 1.81. The van der Waals surface area contributed by atoms with E-state index in [-0.39, 0.29) is 0 Å². The van der Waals surface area contributed by atoms with E-state index in [1.807, 2.05) is 0 Å². The fraction of sp³-hybridized carbons (Fsp3) is 0.600. The lowest BCUT2D eigenvalue weighted by Gasteiger charge is -2.36. The molecule has 1 rings (SSSR count). The Morgan fingerprint density at radius 2 is 1.69 bits per heavy atom. The predicted octanol–water partition coefficient (Wildman–Crippen LogP) is 3.77. The lowest BCUT2D eigenvalue weighted by Crippen LogP contribution is -2.31. The molecule has 0 bridgehead atoms. The zero-order valence-electron chi connectivity index (χ0n) is 11.3. The quantitative estimate of drug-likeness (QED) is 0.728. The highest BCUT2D eigenvalue weighted by Gasteiger charge is 2.29. The van der Waals surface area contributed by atoms with Crippen molar-refractivity contribution in [3.8, 4) is 0 Å². The summed E-state index contributed by atoms with van der Waals surface area (Å²) >= 11 is 0. The van der Waals surface area contributed by atoms with Gasteiger partial charge >= 0.3 is 0 Å². The van der Waals surface area contributed by atoms with Gasteiger partial charge in [-0.1, -0.05) is 57.5 Å². The van der Waals surface area contributed by atoms with E-state index in [1.54, 1.807) is 0 Å². The molecule has 0 aliphatic carbocycles. The zero-order valence-corrected chi connectivity index (χ0v) is 11.3. The molecule has 90 valence electrons. The van der Waals surface area contributed by atoms with E-state index in [1.165, 1.54) is 12.0 Å². The molecule has 1 aromatic rings. The third-order valence-corrected chi connectivity index (χ3v) is 3.60. The van der Waals surface area contributed by atoms with Gasteiger partial charge in [0.25, 0.3) is 0 Å². The normalized spacial score (nSPS) is 14.1. The Bertz CT molecular complexity index is 300. The SMILES string of the molecule is CCC(C)(C)C(CN(C)C)c1ccccc1. The van der Waals surface area contributed by atoms with E-state index in [0.29, 0.717) is 11.3 Å². The first-order chi connectivity index (χ1) is 7.47. The average Bonchev–Trinajstić information content (AvgIpc) is 2.27. The van der Waals surface area contributed by atoms with Gasteiger partial charge in [-0.25, -0.2) is 0 Å². The molecule has 0 saturated heterocycles. The van der Waals surface area contributed by atoms with Crippen molar-refractivity contribution in [1.29, 1.82) is 0 Å². The van der Waals surface area contributed by atoms with Crippen LogP contribution in [0.15, 0.2) is 30.3 Å². The van der Waals surface area contributed by atoms with Gasteiger partial charge in [-0.05, 0) is 25.1 Å². The molecule has 16 heavy (non-hydrogen) atoms. The van der Waals surface area contributed by atoms with E-state index in [9.17, 15) is 0 Å². The maximum absolute atomic E-state index is 2.37. The van der Waals surface area contributed by atoms with Crippen LogP contribution in [0.5, 0.6) is 0 Å². The summed E-state index contributed by atoms with van der Waals surface area (Å²) < 4.78 is 0. The molecule has 0 spiro atoms. The molecular weight excluding hydrogens is 194 g/mol. The highest BCUT2D eigenvalue weighted by atomic mass is 15.1. The van der Waals surface area contributed by atoms with Crippen molar-refractivity contribution in [1.82, 2.24) is 4.90 Å². The summed E-state index contributed by atoms with van der Waals surface area (Å²) in [6.45, 7) is 8.14. The lowest BCUT2D eigenvalue weighted by atomic mass is 9.73. The molecule has 0 radical (unpaired) electrons. The van der Waals surface area contributed by atoms with Gasteiger partial charge in [0, 0.05) is 12.5 Å². The molecule has 0 amide bonds. The summed E-state index contributed by atoms with van der Waals surface area (Å²) in [5, 5.41) is 0. The molecule has 0 saturated carbocycles. The molecule has 0 aliphatic heterocycles. The zero-order chi connectivity index (χ0) is 12.2. The minimum absolute atomic E-state index is 0.353. The second kappa shape index (κ2) is 5.49. The van der Waals surface area contributed by atoms with Gasteiger partial charge in [-0.2, -0.15) is 0 Å². The minimum atomic E-state index is 0.353. The molecule has 0 heterocycles. The number of hydrogen-bond acceptors (Lipinski definition) is 1. The molecule has 1 heteroatoms. The number of benzene rings is 1. The van der Waals surface area contributed by atoms with Crippen molar-refractivity contribution in [2.45, 2.75) is 33.1 Å². The van der Waals surface area contributed by atoms with E-state index in [4.69, 9.17) is 0 Å². The van der Waals surface area contributed by atoms with E-state index in [0.717, 1.165) is 6.54 Å². The first-order valence-electron chi connectivity index (χ1n) is 6.17. The Morgan fingerprint density at radius 1 is 1.12 bits per heavy atom. The number of nitrogens with zero attached hydrogens (tertiary/aromatic N) is 1. The first kappa shape index (κ1) is 13.2. The van der Waals surface area contributed by atoms with Crippen LogP contribution in [0.2, 0.25) is 0 Å². The predicted molar refractivity (Wildman–Crippen MR) is 71.8 cm³/mol. The molecule has 0 aromatic heterocycles. The Labute approximate surface area is 100 Å². The number of hydrogen-bond donors (Lipinski definition) is 0. The summed E-state index contributed by atoms with van der Waals surface area (Å²) in [4.78, 5) is 2.29. The fourth-order valence-electron chi connectivity index (χ4n) is 2.10. The fourth-order valence-corrected chi connectivity index (χ4v) is 2.10. The number of rotatable bonds is 5. The molecular formula is C15H25N. The molecule has 1 aromatic carbocycles. The highest BCUT2D eigenvalue weighted by molar-refractivity contribution is 5.22. The van der Waals surface area contributed by atoms with Crippen molar-refractivity contribution in [2.24, 2.45) is 5.41 Å². The van der Waals surface area contributed by atoms with Gasteiger partial charge in [0.1, 0.15) is 0 Å². The average molecular weight is 219 g/mol. The van der Waals surface area contributed by atoms with Crippen LogP contribution in [0.4, 0.5) is 0 Å². The van der Waals surface area contributed by atoms with Crippen molar-refractivity contribution in [2.75, 3.05) is 20.6 Å².